The first-order valence-corrected chi connectivity index (χ1v) is 8.78. The van der Waals surface area contributed by atoms with Crippen molar-refractivity contribution >= 4 is 28.9 Å². The summed E-state index contributed by atoms with van der Waals surface area (Å²) in [5, 5.41) is 8.13. The largest absolute Gasteiger partial charge is 0.432 e. The maximum Gasteiger partial charge on any atom is 0.432 e. The number of amides is 1. The fraction of sp³-hybridized carbons (Fsp3) is 0.389. The molecule has 28 heavy (non-hydrogen) atoms. The van der Waals surface area contributed by atoms with Crippen LogP contribution in [0.3, 0.4) is 0 Å². The van der Waals surface area contributed by atoms with E-state index in [0.29, 0.717) is 31.7 Å². The van der Waals surface area contributed by atoms with Gasteiger partial charge in [0, 0.05) is 31.9 Å². The molecule has 0 radical (unpaired) electrons. The van der Waals surface area contributed by atoms with Crippen molar-refractivity contribution in [2.24, 2.45) is 10.7 Å². The predicted molar refractivity (Wildman–Crippen MR) is 101 cm³/mol. The number of nitriles is 1. The molecule has 0 unspecified atom stereocenters. The van der Waals surface area contributed by atoms with Crippen LogP contribution in [0.1, 0.15) is 12.5 Å². The summed E-state index contributed by atoms with van der Waals surface area (Å²) in [4.78, 5) is 19.8. The number of halogens is 4. The Hall–Kier alpha value is -2.73. The van der Waals surface area contributed by atoms with Crippen molar-refractivity contribution < 1.29 is 18.0 Å². The van der Waals surface area contributed by atoms with Gasteiger partial charge in [-0.2, -0.15) is 18.4 Å². The molecule has 1 amide bonds. The normalized spacial score (nSPS) is 16.5. The topological polar surface area (TPSA) is 85.7 Å². The Balaban J connectivity index is 1.92. The van der Waals surface area contributed by atoms with E-state index < -0.39 is 16.9 Å². The summed E-state index contributed by atoms with van der Waals surface area (Å²) in [6.45, 7) is 3.09. The van der Waals surface area contributed by atoms with E-state index in [9.17, 15) is 18.0 Å². The molecule has 1 aliphatic heterocycles. The minimum absolute atomic E-state index is 0.138. The van der Waals surface area contributed by atoms with Crippen LogP contribution in [-0.4, -0.2) is 55.4 Å². The second kappa shape index (κ2) is 8.97. The van der Waals surface area contributed by atoms with Crippen LogP contribution in [0.4, 0.5) is 18.9 Å². The van der Waals surface area contributed by atoms with Crippen molar-refractivity contribution in [2.45, 2.75) is 13.1 Å². The molecule has 2 N–H and O–H groups in total. The van der Waals surface area contributed by atoms with E-state index in [0.717, 1.165) is 5.69 Å². The Morgan fingerprint density at radius 3 is 2.32 bits per heavy atom. The van der Waals surface area contributed by atoms with Crippen LogP contribution in [0.2, 0.25) is 0 Å². The van der Waals surface area contributed by atoms with Gasteiger partial charge in [-0.25, -0.2) is 0 Å². The van der Waals surface area contributed by atoms with Gasteiger partial charge in [0.1, 0.15) is 12.2 Å². The summed E-state index contributed by atoms with van der Waals surface area (Å²) in [6.07, 6.45) is -4.75. The van der Waals surface area contributed by atoms with Crippen molar-refractivity contribution in [1.82, 2.24) is 4.90 Å². The molecule has 0 aliphatic carbocycles. The van der Waals surface area contributed by atoms with E-state index in [1.807, 2.05) is 12.1 Å². The quantitative estimate of drug-likeness (QED) is 0.769. The first-order chi connectivity index (χ1) is 13.1. The van der Waals surface area contributed by atoms with Crippen molar-refractivity contribution in [3.05, 3.63) is 40.6 Å². The fourth-order valence-corrected chi connectivity index (χ4v) is 2.80. The Kier molecular flexibility index (Phi) is 6.91. The zero-order chi connectivity index (χ0) is 20.9. The molecule has 0 spiro atoms. The number of benzene rings is 1. The number of nitrogens with two attached hydrogens (primary N) is 1. The van der Waals surface area contributed by atoms with Gasteiger partial charge in [0.05, 0.1) is 22.4 Å². The highest BCUT2D eigenvalue weighted by atomic mass is 35.5. The van der Waals surface area contributed by atoms with Gasteiger partial charge in [0.25, 0.3) is 0 Å². The lowest BCUT2D eigenvalue weighted by molar-refractivity contribution is -0.129. The third-order valence-corrected chi connectivity index (χ3v) is 4.78. The number of alkyl halides is 3. The maximum absolute atomic E-state index is 12.6. The van der Waals surface area contributed by atoms with Gasteiger partial charge in [-0.1, -0.05) is 11.6 Å². The second-order valence-corrected chi connectivity index (χ2v) is 6.53. The van der Waals surface area contributed by atoms with Gasteiger partial charge < -0.3 is 15.5 Å². The maximum atomic E-state index is 12.6. The highest BCUT2D eigenvalue weighted by Crippen LogP contribution is 2.26. The molecule has 1 saturated heterocycles. The minimum Gasteiger partial charge on any atom is -0.393 e. The number of rotatable bonds is 4. The molecular weight excluding hydrogens is 395 g/mol. The predicted octanol–water partition coefficient (Wildman–Crippen LogP) is 2.64. The molecule has 10 heteroatoms. The molecule has 1 aromatic carbocycles. The van der Waals surface area contributed by atoms with E-state index in [1.54, 1.807) is 17.0 Å². The van der Waals surface area contributed by atoms with Gasteiger partial charge in [-0.15, -0.1) is 0 Å². The number of carbonyl (C=O) groups excluding carboxylic acids is 1. The number of nitrogens with zero attached hydrogens (tertiary/aromatic N) is 4. The van der Waals surface area contributed by atoms with Crippen LogP contribution in [0.25, 0.3) is 0 Å². The molecule has 0 bridgehead atoms. The minimum atomic E-state index is -4.75. The second-order valence-electron chi connectivity index (χ2n) is 6.15. The van der Waals surface area contributed by atoms with Gasteiger partial charge in [0.15, 0.2) is 0 Å². The zero-order valence-electron chi connectivity index (χ0n) is 15.1. The number of hydrogen-bond donors (Lipinski definition) is 1. The third-order valence-electron chi connectivity index (χ3n) is 4.30. The number of aliphatic imine (C=N–C) groups is 1. The summed E-state index contributed by atoms with van der Waals surface area (Å²) < 4.78 is 37.7. The Morgan fingerprint density at radius 2 is 1.82 bits per heavy atom. The zero-order valence-corrected chi connectivity index (χ0v) is 15.9. The molecule has 0 atom stereocenters. The summed E-state index contributed by atoms with van der Waals surface area (Å²) in [5.74, 6) is -0.297. The number of hydrogen-bond acceptors (Lipinski definition) is 5. The molecule has 0 aromatic heterocycles. The number of piperazine rings is 1. The average Bonchev–Trinajstić information content (AvgIpc) is 2.70. The van der Waals surface area contributed by atoms with Crippen LogP contribution in [0, 0.1) is 11.3 Å². The Morgan fingerprint density at radius 1 is 1.25 bits per heavy atom. The summed E-state index contributed by atoms with van der Waals surface area (Å²) in [5.41, 5.74) is 4.92. The Labute approximate surface area is 165 Å². The lowest BCUT2D eigenvalue weighted by atomic mass is 10.2. The van der Waals surface area contributed by atoms with Crippen LogP contribution >= 0.6 is 11.6 Å². The SMILES string of the molecule is CC(=NCC(=O)N1CCN(c2ccc(C#N)cc2)CC1)C(Cl)=C(N)C(F)(F)F. The third kappa shape index (κ3) is 5.39. The molecule has 1 fully saturated rings. The van der Waals surface area contributed by atoms with Gasteiger partial charge in [-0.3, -0.25) is 9.79 Å². The molecule has 150 valence electrons. The number of carbonyl (C=O) groups is 1. The number of allylic oxidation sites excluding steroid dienone is 2. The molecule has 1 aliphatic rings. The summed E-state index contributed by atoms with van der Waals surface area (Å²) in [6, 6.07) is 9.22. The fourth-order valence-electron chi connectivity index (χ4n) is 2.64. The summed E-state index contributed by atoms with van der Waals surface area (Å²) >= 11 is 5.60. The van der Waals surface area contributed by atoms with E-state index in [4.69, 9.17) is 22.6 Å². The first kappa shape index (κ1) is 21.6. The smallest absolute Gasteiger partial charge is 0.393 e. The lowest BCUT2D eigenvalue weighted by Gasteiger charge is -2.36. The van der Waals surface area contributed by atoms with Crippen molar-refractivity contribution in [1.29, 1.82) is 5.26 Å². The van der Waals surface area contributed by atoms with E-state index in [1.165, 1.54) is 6.92 Å². The van der Waals surface area contributed by atoms with Gasteiger partial charge >= 0.3 is 6.18 Å². The van der Waals surface area contributed by atoms with Crippen molar-refractivity contribution in [3.8, 4) is 6.07 Å². The molecule has 1 heterocycles. The highest BCUT2D eigenvalue weighted by molar-refractivity contribution is 6.43. The molecule has 6 nitrogen and oxygen atoms in total. The number of anilines is 1. The van der Waals surface area contributed by atoms with Crippen LogP contribution in [0.15, 0.2) is 40.0 Å². The molecule has 1 aromatic rings. The molecular formula is C18H19ClF3N5O. The van der Waals surface area contributed by atoms with Crippen molar-refractivity contribution in [3.63, 3.8) is 0 Å². The van der Waals surface area contributed by atoms with Crippen LogP contribution in [0.5, 0.6) is 0 Å². The van der Waals surface area contributed by atoms with E-state index in [-0.39, 0.29) is 18.2 Å². The van der Waals surface area contributed by atoms with Crippen LogP contribution in [-0.2, 0) is 4.79 Å². The lowest BCUT2D eigenvalue weighted by Crippen LogP contribution is -2.49. The standard InChI is InChI=1S/C18H19ClF3N5O/c1-12(16(19)17(24)18(20,21)22)25-11-15(28)27-8-6-26(7-9-27)14-4-2-13(10-23)3-5-14/h2-5H,6-9,11,24H2,1H3. The average molecular weight is 414 g/mol. The molecule has 0 saturated carbocycles. The summed E-state index contributed by atoms with van der Waals surface area (Å²) in [7, 11) is 0. The van der Waals surface area contributed by atoms with Gasteiger partial charge in [-0.05, 0) is 31.2 Å². The van der Waals surface area contributed by atoms with Crippen molar-refractivity contribution in [2.75, 3.05) is 37.6 Å². The monoisotopic (exact) mass is 413 g/mol. The van der Waals surface area contributed by atoms with E-state index >= 15 is 0 Å². The van der Waals surface area contributed by atoms with E-state index in [2.05, 4.69) is 16.0 Å². The Bertz CT molecular complexity index is 819. The first-order valence-electron chi connectivity index (χ1n) is 8.40. The van der Waals surface area contributed by atoms with Crippen LogP contribution < -0.4 is 10.6 Å². The van der Waals surface area contributed by atoms with Gasteiger partial charge in [0.2, 0.25) is 5.91 Å². The highest BCUT2D eigenvalue weighted by Gasteiger charge is 2.34. The molecule has 2 rings (SSSR count).